The normalized spacial score (nSPS) is 11.2. The number of nitrogens with one attached hydrogen (secondary N) is 1. The molecule has 0 bridgehead atoms. The number of methoxy groups -OCH3 is 3. The topological polar surface area (TPSA) is 74.6 Å². The second-order valence-electron chi connectivity index (χ2n) is 6.13. The van der Waals surface area contributed by atoms with E-state index in [0.29, 0.717) is 21.9 Å². The van der Waals surface area contributed by atoms with Gasteiger partial charge >= 0.3 is 0 Å². The van der Waals surface area contributed by atoms with Crippen molar-refractivity contribution >= 4 is 28.5 Å². The molecular formula is C20H22ClN3O4. The SMILES string of the molecule is COc1ccc(Cl)cc1-n1c(C)nc2cc(C(=O)NCC(OC)OC)ccc21. The lowest BCUT2D eigenvalue weighted by atomic mass is 10.2. The van der Waals surface area contributed by atoms with Gasteiger partial charge in [0.25, 0.3) is 5.91 Å². The van der Waals surface area contributed by atoms with E-state index in [0.717, 1.165) is 17.0 Å². The Morgan fingerprint density at radius 1 is 1.18 bits per heavy atom. The van der Waals surface area contributed by atoms with Crippen LogP contribution in [0.5, 0.6) is 5.75 Å². The van der Waals surface area contributed by atoms with Crippen molar-refractivity contribution in [2.24, 2.45) is 0 Å². The van der Waals surface area contributed by atoms with Crippen LogP contribution in [0.4, 0.5) is 0 Å². The van der Waals surface area contributed by atoms with E-state index in [9.17, 15) is 4.79 Å². The standard InChI is InChI=1S/C20H22ClN3O4/c1-12-23-15-9-13(20(25)22-11-19(27-3)28-4)5-7-16(15)24(12)17-10-14(21)6-8-18(17)26-2/h5-10,19H,11H2,1-4H3,(H,22,25). The number of benzene rings is 2. The van der Waals surface area contributed by atoms with E-state index in [4.69, 9.17) is 25.8 Å². The highest BCUT2D eigenvalue weighted by Crippen LogP contribution is 2.31. The van der Waals surface area contributed by atoms with Gasteiger partial charge in [-0.15, -0.1) is 0 Å². The maximum atomic E-state index is 12.4. The third-order valence-electron chi connectivity index (χ3n) is 4.42. The lowest BCUT2D eigenvalue weighted by molar-refractivity contribution is -0.0974. The second kappa shape index (κ2) is 8.60. The molecule has 0 aliphatic heterocycles. The fourth-order valence-corrected chi connectivity index (χ4v) is 3.19. The second-order valence-corrected chi connectivity index (χ2v) is 6.56. The van der Waals surface area contributed by atoms with Crippen molar-refractivity contribution in [1.29, 1.82) is 0 Å². The van der Waals surface area contributed by atoms with Gasteiger partial charge in [-0.25, -0.2) is 4.98 Å². The molecule has 2 aromatic carbocycles. The largest absolute Gasteiger partial charge is 0.495 e. The molecule has 0 atom stereocenters. The number of rotatable bonds is 7. The zero-order valence-corrected chi connectivity index (χ0v) is 16.9. The van der Waals surface area contributed by atoms with Crippen LogP contribution in [0.15, 0.2) is 36.4 Å². The number of carbonyl (C=O) groups excluding carboxylic acids is 1. The Morgan fingerprint density at radius 2 is 1.93 bits per heavy atom. The van der Waals surface area contributed by atoms with E-state index in [1.165, 1.54) is 14.2 Å². The Labute approximate surface area is 168 Å². The molecule has 0 unspecified atom stereocenters. The highest BCUT2D eigenvalue weighted by atomic mass is 35.5. The summed E-state index contributed by atoms with van der Waals surface area (Å²) in [4.78, 5) is 17.0. The number of aromatic nitrogens is 2. The van der Waals surface area contributed by atoms with Gasteiger partial charge in [0, 0.05) is 24.8 Å². The van der Waals surface area contributed by atoms with Crippen molar-refractivity contribution in [3.05, 3.63) is 52.8 Å². The smallest absolute Gasteiger partial charge is 0.251 e. The summed E-state index contributed by atoms with van der Waals surface area (Å²) < 4.78 is 17.6. The average molecular weight is 404 g/mol. The highest BCUT2D eigenvalue weighted by molar-refractivity contribution is 6.30. The zero-order valence-electron chi connectivity index (χ0n) is 16.2. The van der Waals surface area contributed by atoms with Gasteiger partial charge < -0.3 is 19.5 Å². The van der Waals surface area contributed by atoms with Crippen LogP contribution < -0.4 is 10.1 Å². The molecule has 7 nitrogen and oxygen atoms in total. The molecule has 28 heavy (non-hydrogen) atoms. The summed E-state index contributed by atoms with van der Waals surface area (Å²) in [7, 11) is 4.65. The molecule has 148 valence electrons. The molecule has 1 heterocycles. The fraction of sp³-hybridized carbons (Fsp3) is 0.300. The first-order valence-corrected chi connectivity index (χ1v) is 9.03. The monoisotopic (exact) mass is 403 g/mol. The van der Waals surface area contributed by atoms with E-state index < -0.39 is 6.29 Å². The van der Waals surface area contributed by atoms with E-state index in [-0.39, 0.29) is 12.5 Å². The molecule has 0 aliphatic rings. The van der Waals surface area contributed by atoms with Gasteiger partial charge in [0.05, 0.1) is 30.4 Å². The van der Waals surface area contributed by atoms with Gasteiger partial charge in [0.1, 0.15) is 11.6 Å². The van der Waals surface area contributed by atoms with Gasteiger partial charge in [0.2, 0.25) is 0 Å². The number of amides is 1. The third-order valence-corrected chi connectivity index (χ3v) is 4.66. The predicted octanol–water partition coefficient (Wildman–Crippen LogP) is 3.34. The Balaban J connectivity index is 1.96. The summed E-state index contributed by atoms with van der Waals surface area (Å²) in [5, 5.41) is 3.38. The predicted molar refractivity (Wildman–Crippen MR) is 108 cm³/mol. The van der Waals surface area contributed by atoms with E-state index >= 15 is 0 Å². The lowest BCUT2D eigenvalue weighted by Gasteiger charge is -2.14. The third kappa shape index (κ3) is 3.96. The van der Waals surface area contributed by atoms with Crippen LogP contribution in [0.3, 0.4) is 0 Å². The molecule has 0 fully saturated rings. The number of hydrogen-bond acceptors (Lipinski definition) is 5. The maximum Gasteiger partial charge on any atom is 0.251 e. The first kappa shape index (κ1) is 20.1. The average Bonchev–Trinajstić information content (AvgIpc) is 3.03. The van der Waals surface area contributed by atoms with E-state index in [1.807, 2.05) is 29.7 Å². The van der Waals surface area contributed by atoms with Gasteiger partial charge in [-0.1, -0.05) is 11.6 Å². The van der Waals surface area contributed by atoms with Crippen LogP contribution in [-0.2, 0) is 9.47 Å². The first-order chi connectivity index (χ1) is 13.5. The van der Waals surface area contributed by atoms with Crippen molar-refractivity contribution in [2.45, 2.75) is 13.2 Å². The Hall–Kier alpha value is -2.61. The van der Waals surface area contributed by atoms with Crippen LogP contribution in [0.2, 0.25) is 5.02 Å². The number of carbonyl (C=O) groups is 1. The molecule has 0 aliphatic carbocycles. The fourth-order valence-electron chi connectivity index (χ4n) is 3.02. The number of halogens is 1. The molecule has 0 saturated heterocycles. The van der Waals surface area contributed by atoms with E-state index in [2.05, 4.69) is 10.3 Å². The van der Waals surface area contributed by atoms with Crippen molar-refractivity contribution in [3.63, 3.8) is 0 Å². The van der Waals surface area contributed by atoms with Gasteiger partial charge in [0.15, 0.2) is 6.29 Å². The van der Waals surface area contributed by atoms with Gasteiger partial charge in [-0.3, -0.25) is 9.36 Å². The molecular weight excluding hydrogens is 382 g/mol. The minimum absolute atomic E-state index is 0.228. The number of aryl methyl sites for hydroxylation is 1. The number of ether oxygens (including phenoxy) is 3. The molecule has 1 amide bonds. The van der Waals surface area contributed by atoms with E-state index in [1.54, 1.807) is 25.3 Å². The van der Waals surface area contributed by atoms with Crippen LogP contribution in [-0.4, -0.2) is 49.6 Å². The minimum Gasteiger partial charge on any atom is -0.495 e. The Kier molecular flexibility index (Phi) is 6.18. The summed E-state index contributed by atoms with van der Waals surface area (Å²) in [5.41, 5.74) is 2.83. The minimum atomic E-state index is -0.496. The number of fused-ring (bicyclic) bond motifs is 1. The number of nitrogens with zero attached hydrogens (tertiary/aromatic N) is 2. The molecule has 0 saturated carbocycles. The summed E-state index contributed by atoms with van der Waals surface area (Å²) in [6.07, 6.45) is -0.496. The van der Waals surface area contributed by atoms with Crippen LogP contribution >= 0.6 is 11.6 Å². The maximum absolute atomic E-state index is 12.4. The van der Waals surface area contributed by atoms with Crippen molar-refractivity contribution in [1.82, 2.24) is 14.9 Å². The summed E-state index contributed by atoms with van der Waals surface area (Å²) >= 11 is 6.18. The van der Waals surface area contributed by atoms with Crippen LogP contribution in [0.25, 0.3) is 16.7 Å². The van der Waals surface area contributed by atoms with Crippen molar-refractivity contribution in [3.8, 4) is 11.4 Å². The molecule has 8 heteroatoms. The van der Waals surface area contributed by atoms with Gasteiger partial charge in [-0.05, 0) is 43.3 Å². The van der Waals surface area contributed by atoms with Crippen molar-refractivity contribution < 1.29 is 19.0 Å². The molecule has 3 aromatic rings. The molecule has 1 aromatic heterocycles. The number of imidazole rings is 1. The number of hydrogen-bond donors (Lipinski definition) is 1. The quantitative estimate of drug-likeness (QED) is 0.612. The van der Waals surface area contributed by atoms with Crippen molar-refractivity contribution in [2.75, 3.05) is 27.9 Å². The Morgan fingerprint density at radius 3 is 2.61 bits per heavy atom. The van der Waals surface area contributed by atoms with Crippen LogP contribution in [0, 0.1) is 6.92 Å². The van der Waals surface area contributed by atoms with Crippen LogP contribution in [0.1, 0.15) is 16.2 Å². The Bertz CT molecular complexity index is 999. The summed E-state index contributed by atoms with van der Waals surface area (Å²) in [6.45, 7) is 2.14. The highest BCUT2D eigenvalue weighted by Gasteiger charge is 2.16. The molecule has 0 radical (unpaired) electrons. The molecule has 1 N–H and O–H groups in total. The molecule has 3 rings (SSSR count). The zero-order chi connectivity index (χ0) is 20.3. The lowest BCUT2D eigenvalue weighted by Crippen LogP contribution is -2.34. The summed E-state index contributed by atoms with van der Waals surface area (Å²) in [6, 6.07) is 10.8. The van der Waals surface area contributed by atoms with Gasteiger partial charge in [-0.2, -0.15) is 0 Å². The first-order valence-electron chi connectivity index (χ1n) is 8.65. The molecule has 0 spiro atoms. The summed E-state index contributed by atoms with van der Waals surface area (Å²) in [5.74, 6) is 1.21.